The van der Waals surface area contributed by atoms with Crippen molar-refractivity contribution in [2.24, 2.45) is 0 Å². The standard InChI is InChI=1S/C36H36N2O2/c1-35(2,21-22-36(25-37,27-14-8-4-9-15-27)28-16-10-5-11-17-28)38-23-20-29(24-38)40-34-31-19-18-30(32(34)33(31)39)26-12-6-3-7-13-26/h3-19,29,34,39H,20-24H2,1-2H3/t29-,34-/m0/s1. The second-order valence-corrected chi connectivity index (χ2v) is 11.8. The molecule has 1 fully saturated rings. The van der Waals surface area contributed by atoms with Gasteiger partial charge in [-0.05, 0) is 55.4 Å². The van der Waals surface area contributed by atoms with E-state index in [0.717, 1.165) is 65.8 Å². The second-order valence-electron chi connectivity index (χ2n) is 11.8. The van der Waals surface area contributed by atoms with Crippen molar-refractivity contribution >= 4 is 5.57 Å². The Labute approximate surface area is 237 Å². The van der Waals surface area contributed by atoms with E-state index in [2.05, 4.69) is 67.3 Å². The summed E-state index contributed by atoms with van der Waals surface area (Å²) in [6.45, 7) is 6.37. The summed E-state index contributed by atoms with van der Waals surface area (Å²) in [6, 6.07) is 33.3. The summed E-state index contributed by atoms with van der Waals surface area (Å²) >= 11 is 0. The predicted molar refractivity (Wildman–Crippen MR) is 160 cm³/mol. The molecule has 2 atom stereocenters. The highest BCUT2D eigenvalue weighted by Crippen LogP contribution is 2.48. The second kappa shape index (κ2) is 10.6. The molecular formula is C36H36N2O2. The number of hydrogen-bond acceptors (Lipinski definition) is 4. The Bertz CT molecular complexity index is 1460. The van der Waals surface area contributed by atoms with Crippen molar-refractivity contribution in [1.82, 2.24) is 4.90 Å². The SMILES string of the molecule is CC(C)(CCC(C#N)(c1ccccc1)c1ccccc1)N1CC[C@H](O[C@H]2c3ccc(-c4ccccc4)c2c3O)C1. The van der Waals surface area contributed by atoms with Crippen LogP contribution in [0.4, 0.5) is 0 Å². The highest BCUT2D eigenvalue weighted by Gasteiger charge is 2.44. The van der Waals surface area contributed by atoms with Gasteiger partial charge in [0.2, 0.25) is 0 Å². The lowest BCUT2D eigenvalue weighted by molar-refractivity contribution is 0.0118. The number of ether oxygens (including phenoxy) is 1. The number of nitrogens with zero attached hydrogens (tertiary/aromatic N) is 2. The zero-order valence-corrected chi connectivity index (χ0v) is 23.3. The average Bonchev–Trinajstić information content (AvgIpc) is 3.49. The van der Waals surface area contributed by atoms with Crippen molar-refractivity contribution in [3.05, 3.63) is 137 Å². The number of aliphatic hydroxyl groups is 1. The molecule has 1 aliphatic heterocycles. The van der Waals surface area contributed by atoms with Gasteiger partial charge in [0.25, 0.3) is 0 Å². The van der Waals surface area contributed by atoms with Gasteiger partial charge in [0.05, 0.1) is 12.2 Å². The molecule has 2 aliphatic carbocycles. The molecule has 202 valence electrons. The van der Waals surface area contributed by atoms with Crippen molar-refractivity contribution in [2.45, 2.75) is 56.3 Å². The third-order valence-corrected chi connectivity index (χ3v) is 9.04. The molecule has 3 aliphatic rings. The van der Waals surface area contributed by atoms with Gasteiger partial charge < -0.3 is 9.84 Å². The quantitative estimate of drug-likeness (QED) is 0.315. The van der Waals surface area contributed by atoms with Gasteiger partial charge in [-0.15, -0.1) is 0 Å². The molecular weight excluding hydrogens is 492 g/mol. The van der Waals surface area contributed by atoms with Crippen LogP contribution in [0, 0.1) is 11.3 Å². The maximum absolute atomic E-state index is 10.7. The van der Waals surface area contributed by atoms with Crippen LogP contribution in [0.15, 0.2) is 120 Å². The van der Waals surface area contributed by atoms with Crippen molar-refractivity contribution in [3.8, 4) is 6.07 Å². The number of rotatable bonds is 9. The van der Waals surface area contributed by atoms with E-state index in [1.54, 1.807) is 0 Å². The van der Waals surface area contributed by atoms with Crippen LogP contribution in [0.25, 0.3) is 5.57 Å². The molecule has 40 heavy (non-hydrogen) atoms. The van der Waals surface area contributed by atoms with Gasteiger partial charge >= 0.3 is 0 Å². The molecule has 4 heteroatoms. The van der Waals surface area contributed by atoms with Crippen LogP contribution in [-0.4, -0.2) is 40.8 Å². The molecule has 4 nitrogen and oxygen atoms in total. The summed E-state index contributed by atoms with van der Waals surface area (Å²) in [7, 11) is 0. The van der Waals surface area contributed by atoms with E-state index >= 15 is 0 Å². The summed E-state index contributed by atoms with van der Waals surface area (Å²) in [4.78, 5) is 2.51. The summed E-state index contributed by atoms with van der Waals surface area (Å²) in [5.74, 6) is 0.371. The van der Waals surface area contributed by atoms with E-state index in [-0.39, 0.29) is 17.7 Å². The highest BCUT2D eigenvalue weighted by atomic mass is 16.5. The van der Waals surface area contributed by atoms with Gasteiger partial charge in [0.1, 0.15) is 17.3 Å². The fraction of sp³-hybridized carbons (Fsp3) is 0.306. The van der Waals surface area contributed by atoms with Gasteiger partial charge in [0.15, 0.2) is 0 Å². The fourth-order valence-electron chi connectivity index (χ4n) is 6.51. The van der Waals surface area contributed by atoms with Gasteiger partial charge in [0, 0.05) is 29.8 Å². The van der Waals surface area contributed by atoms with E-state index in [1.807, 2.05) is 60.7 Å². The first-order valence-corrected chi connectivity index (χ1v) is 14.3. The Morgan fingerprint density at radius 2 is 1.48 bits per heavy atom. The first kappa shape index (κ1) is 26.3. The van der Waals surface area contributed by atoms with E-state index in [1.165, 1.54) is 0 Å². The number of allylic oxidation sites excluding steroid dienone is 2. The minimum absolute atomic E-state index is 0.0925. The molecule has 2 bridgehead atoms. The topological polar surface area (TPSA) is 56.5 Å². The largest absolute Gasteiger partial charge is 0.507 e. The summed E-state index contributed by atoms with van der Waals surface area (Å²) in [5.41, 5.74) is 5.22. The average molecular weight is 529 g/mol. The lowest BCUT2D eigenvalue weighted by atomic mass is 9.70. The first-order chi connectivity index (χ1) is 19.4. The summed E-state index contributed by atoms with van der Waals surface area (Å²) in [6.07, 6.45) is 6.56. The summed E-state index contributed by atoms with van der Waals surface area (Å²) < 4.78 is 6.65. The zero-order valence-electron chi connectivity index (χ0n) is 23.3. The maximum atomic E-state index is 10.7. The molecule has 1 saturated heterocycles. The third kappa shape index (κ3) is 4.60. The predicted octanol–water partition coefficient (Wildman–Crippen LogP) is 7.36. The van der Waals surface area contributed by atoms with Crippen molar-refractivity contribution in [1.29, 1.82) is 5.26 Å². The van der Waals surface area contributed by atoms with Crippen LogP contribution < -0.4 is 0 Å². The molecule has 3 aromatic carbocycles. The normalized spacial score (nSPS) is 20.9. The van der Waals surface area contributed by atoms with Crippen LogP contribution in [0.1, 0.15) is 49.8 Å². The first-order valence-electron chi connectivity index (χ1n) is 14.3. The zero-order chi connectivity index (χ0) is 27.7. The number of hydrogen-bond donors (Lipinski definition) is 1. The smallest absolute Gasteiger partial charge is 0.128 e. The molecule has 0 spiro atoms. The molecule has 0 aromatic heterocycles. The molecule has 0 unspecified atom stereocenters. The molecule has 3 aromatic rings. The lowest BCUT2D eigenvalue weighted by Gasteiger charge is -2.40. The van der Waals surface area contributed by atoms with Gasteiger partial charge in [-0.2, -0.15) is 5.26 Å². The van der Waals surface area contributed by atoms with E-state index < -0.39 is 5.41 Å². The Balaban J connectivity index is 1.14. The minimum Gasteiger partial charge on any atom is -0.507 e. The monoisotopic (exact) mass is 528 g/mol. The number of benzene rings is 3. The van der Waals surface area contributed by atoms with E-state index in [0.29, 0.717) is 5.76 Å². The van der Waals surface area contributed by atoms with Crippen LogP contribution in [0.5, 0.6) is 0 Å². The van der Waals surface area contributed by atoms with Gasteiger partial charge in [-0.3, -0.25) is 4.90 Å². The van der Waals surface area contributed by atoms with Crippen molar-refractivity contribution in [2.75, 3.05) is 13.1 Å². The van der Waals surface area contributed by atoms with Crippen molar-refractivity contribution < 1.29 is 9.84 Å². The van der Waals surface area contributed by atoms with Crippen molar-refractivity contribution in [3.63, 3.8) is 0 Å². The van der Waals surface area contributed by atoms with Gasteiger partial charge in [-0.25, -0.2) is 0 Å². The van der Waals surface area contributed by atoms with Crippen LogP contribution >= 0.6 is 0 Å². The van der Waals surface area contributed by atoms with E-state index in [4.69, 9.17) is 4.74 Å². The third-order valence-electron chi connectivity index (χ3n) is 9.04. The Morgan fingerprint density at radius 1 is 0.875 bits per heavy atom. The van der Waals surface area contributed by atoms with E-state index in [9.17, 15) is 10.4 Å². The molecule has 1 heterocycles. The highest BCUT2D eigenvalue weighted by molar-refractivity contribution is 5.90. The van der Waals surface area contributed by atoms with Crippen LogP contribution in [-0.2, 0) is 10.2 Å². The molecule has 0 saturated carbocycles. The number of aliphatic hydroxyl groups excluding tert-OH is 1. The van der Waals surface area contributed by atoms with Crippen LogP contribution in [0.3, 0.4) is 0 Å². The fourth-order valence-corrected chi connectivity index (χ4v) is 6.51. The Hall–Kier alpha value is -3.91. The minimum atomic E-state index is -0.699. The maximum Gasteiger partial charge on any atom is 0.128 e. The Kier molecular flexibility index (Phi) is 6.96. The number of fused-ring (bicyclic) bond motifs is 2. The van der Waals surface area contributed by atoms with Crippen LogP contribution in [0.2, 0.25) is 0 Å². The molecule has 0 amide bonds. The molecule has 0 radical (unpaired) electrons. The molecule has 1 N–H and O–H groups in total. The molecule has 6 rings (SSSR count). The number of likely N-dealkylation sites (tertiary alicyclic amines) is 1. The Morgan fingerprint density at radius 3 is 2.05 bits per heavy atom. The lowest BCUT2D eigenvalue weighted by Crippen LogP contribution is -2.45. The summed E-state index contributed by atoms with van der Waals surface area (Å²) in [5, 5.41) is 21.3. The number of nitriles is 1. The van der Waals surface area contributed by atoms with Gasteiger partial charge in [-0.1, -0.05) is 103 Å².